The average molecular weight is 426 g/mol. The predicted molar refractivity (Wildman–Crippen MR) is 114 cm³/mol. The van der Waals surface area contributed by atoms with Gasteiger partial charge < -0.3 is 25.4 Å². The van der Waals surface area contributed by atoms with E-state index in [1.54, 1.807) is 11.9 Å². The number of piperidine rings is 1. The normalized spacial score (nSPS) is 26.8. The second-order valence-electron chi connectivity index (χ2n) is 9.34. The number of hydrogen-bond donors (Lipinski definition) is 3. The lowest BCUT2D eigenvalue weighted by Crippen LogP contribution is -2.59. The largest absolute Gasteiger partial charge is 0.481 e. The van der Waals surface area contributed by atoms with Crippen molar-refractivity contribution < 1.29 is 24.2 Å². The van der Waals surface area contributed by atoms with Crippen LogP contribution in [0.2, 0.25) is 0 Å². The number of nitrogens with zero attached hydrogens (tertiary/aromatic N) is 1. The lowest BCUT2D eigenvalue weighted by molar-refractivity contribution is -0.148. The Kier molecular flexibility index (Phi) is 8.67. The van der Waals surface area contributed by atoms with Crippen LogP contribution in [-0.2, 0) is 19.1 Å². The van der Waals surface area contributed by atoms with E-state index in [1.165, 1.54) is 7.11 Å². The van der Waals surface area contributed by atoms with E-state index in [-0.39, 0.29) is 36.1 Å². The number of amides is 2. The molecule has 0 aromatic heterocycles. The fourth-order valence-electron chi connectivity index (χ4n) is 5.03. The van der Waals surface area contributed by atoms with E-state index in [2.05, 4.69) is 10.6 Å². The summed E-state index contributed by atoms with van der Waals surface area (Å²) in [6.07, 6.45) is 3.16. The molecule has 172 valence electrons. The summed E-state index contributed by atoms with van der Waals surface area (Å²) in [6, 6.07) is -0.887. The van der Waals surface area contributed by atoms with Crippen LogP contribution in [0.3, 0.4) is 0 Å². The fraction of sp³-hybridized carbons (Fsp3) is 0.864. The van der Waals surface area contributed by atoms with Crippen molar-refractivity contribution in [3.63, 3.8) is 0 Å². The summed E-state index contributed by atoms with van der Waals surface area (Å²) >= 11 is 0. The van der Waals surface area contributed by atoms with E-state index >= 15 is 0 Å². The van der Waals surface area contributed by atoms with Crippen LogP contribution in [0.25, 0.3) is 0 Å². The Labute approximate surface area is 180 Å². The summed E-state index contributed by atoms with van der Waals surface area (Å²) in [5.41, 5.74) is 0. The molecule has 0 unspecified atom stereocenters. The predicted octanol–water partition coefficient (Wildman–Crippen LogP) is 1.63. The van der Waals surface area contributed by atoms with Crippen molar-refractivity contribution in [3.05, 3.63) is 0 Å². The van der Waals surface area contributed by atoms with Crippen molar-refractivity contribution >= 4 is 17.8 Å². The number of hydrogen-bond acceptors (Lipinski definition) is 5. The third-order valence-corrected chi connectivity index (χ3v) is 6.95. The van der Waals surface area contributed by atoms with E-state index in [0.29, 0.717) is 12.0 Å². The minimum atomic E-state index is -0.966. The van der Waals surface area contributed by atoms with Crippen LogP contribution in [0.1, 0.15) is 59.8 Å². The number of nitrogens with one attached hydrogen (secondary N) is 2. The van der Waals surface area contributed by atoms with Crippen molar-refractivity contribution in [2.45, 2.75) is 90.1 Å². The molecule has 1 aliphatic carbocycles. The zero-order valence-electron chi connectivity index (χ0n) is 19.2. The standard InChI is InChI=1S/C22H39N3O5/c1-7-13(4)20(16(30-6)11-17(26)27)25(5)22(29)18(12(2)3)24-21(28)19-14-8-9-15(10-14)23-19/h12-16,18-20,23H,7-11H2,1-6H3,(H,24,28)(H,26,27)/t13-,14-,15+,16+,18-,19-,20-/m0/s1. The topological polar surface area (TPSA) is 108 Å². The van der Waals surface area contributed by atoms with Gasteiger partial charge in [-0.1, -0.05) is 34.1 Å². The summed E-state index contributed by atoms with van der Waals surface area (Å²) in [5.74, 6) is -1.00. The molecule has 8 heteroatoms. The molecule has 1 heterocycles. The number of aliphatic carboxylic acids is 1. The third kappa shape index (κ3) is 5.52. The molecule has 30 heavy (non-hydrogen) atoms. The first-order valence-electron chi connectivity index (χ1n) is 11.2. The molecule has 0 spiro atoms. The molecule has 7 atom stereocenters. The van der Waals surface area contributed by atoms with Gasteiger partial charge in [-0.3, -0.25) is 14.4 Å². The van der Waals surface area contributed by atoms with Crippen LogP contribution >= 0.6 is 0 Å². The molecule has 2 amide bonds. The third-order valence-electron chi connectivity index (χ3n) is 6.95. The first-order chi connectivity index (χ1) is 14.1. The summed E-state index contributed by atoms with van der Waals surface area (Å²) < 4.78 is 5.48. The van der Waals surface area contributed by atoms with Crippen LogP contribution in [0.5, 0.6) is 0 Å². The zero-order chi connectivity index (χ0) is 22.6. The summed E-state index contributed by atoms with van der Waals surface area (Å²) in [5, 5.41) is 15.6. The number of carbonyl (C=O) groups excluding carboxylic acids is 2. The Hall–Kier alpha value is -1.67. The maximum atomic E-state index is 13.5. The molecule has 0 aromatic rings. The maximum Gasteiger partial charge on any atom is 0.306 e. The molecule has 1 saturated heterocycles. The number of rotatable bonds is 11. The van der Waals surface area contributed by atoms with Gasteiger partial charge in [-0.25, -0.2) is 0 Å². The van der Waals surface area contributed by atoms with Gasteiger partial charge in [0.15, 0.2) is 0 Å². The van der Waals surface area contributed by atoms with E-state index in [0.717, 1.165) is 25.7 Å². The highest BCUT2D eigenvalue weighted by molar-refractivity contribution is 5.90. The number of methoxy groups -OCH3 is 1. The number of carboxylic acids is 1. The second kappa shape index (κ2) is 10.6. The van der Waals surface area contributed by atoms with Gasteiger partial charge in [0.2, 0.25) is 11.8 Å². The SMILES string of the molecule is CC[C@H](C)[C@@H]([C@@H](CC(=O)O)OC)N(C)C(=O)[C@@H](NC(=O)[C@H]1N[C@@H]2CC[C@H]1C2)C(C)C. The van der Waals surface area contributed by atoms with Gasteiger partial charge in [-0.15, -0.1) is 0 Å². The Morgan fingerprint density at radius 1 is 1.23 bits per heavy atom. The Morgan fingerprint density at radius 3 is 2.33 bits per heavy atom. The molecule has 2 bridgehead atoms. The first kappa shape index (κ1) is 24.6. The number of carboxylic acid groups (broad SMARTS) is 1. The molecule has 1 saturated carbocycles. The smallest absolute Gasteiger partial charge is 0.306 e. The summed E-state index contributed by atoms with van der Waals surface area (Å²) in [7, 11) is 3.16. The number of ether oxygens (including phenoxy) is 1. The van der Waals surface area contributed by atoms with Crippen molar-refractivity contribution in [1.82, 2.24) is 15.5 Å². The molecular formula is C22H39N3O5. The zero-order valence-corrected chi connectivity index (χ0v) is 19.2. The van der Waals surface area contributed by atoms with Crippen LogP contribution in [0, 0.1) is 17.8 Å². The van der Waals surface area contributed by atoms with Gasteiger partial charge in [0.1, 0.15) is 6.04 Å². The van der Waals surface area contributed by atoms with E-state index in [4.69, 9.17) is 4.74 Å². The summed E-state index contributed by atoms with van der Waals surface area (Å²) in [4.78, 5) is 39.3. The van der Waals surface area contributed by atoms with Gasteiger partial charge in [0.25, 0.3) is 0 Å². The quantitative estimate of drug-likeness (QED) is 0.464. The van der Waals surface area contributed by atoms with Crippen LogP contribution in [0.4, 0.5) is 0 Å². The van der Waals surface area contributed by atoms with Gasteiger partial charge in [-0.05, 0) is 37.0 Å². The molecule has 8 nitrogen and oxygen atoms in total. The van der Waals surface area contributed by atoms with Gasteiger partial charge in [0.05, 0.1) is 24.6 Å². The van der Waals surface area contributed by atoms with Crippen LogP contribution < -0.4 is 10.6 Å². The molecule has 2 rings (SSSR count). The lowest BCUT2D eigenvalue weighted by Gasteiger charge is -2.39. The first-order valence-corrected chi connectivity index (χ1v) is 11.2. The molecule has 1 aliphatic heterocycles. The molecule has 3 N–H and O–H groups in total. The highest BCUT2D eigenvalue weighted by Gasteiger charge is 2.44. The molecule has 2 fully saturated rings. The molecule has 2 aliphatic rings. The second-order valence-corrected chi connectivity index (χ2v) is 9.34. The highest BCUT2D eigenvalue weighted by Crippen LogP contribution is 2.35. The Morgan fingerprint density at radius 2 is 1.90 bits per heavy atom. The Bertz CT molecular complexity index is 626. The van der Waals surface area contributed by atoms with Gasteiger partial charge in [0, 0.05) is 20.2 Å². The minimum Gasteiger partial charge on any atom is -0.481 e. The van der Waals surface area contributed by atoms with Crippen LogP contribution in [0.15, 0.2) is 0 Å². The average Bonchev–Trinajstić information content (AvgIpc) is 3.33. The Balaban J connectivity index is 2.16. The van der Waals surface area contributed by atoms with Crippen molar-refractivity contribution in [2.24, 2.45) is 17.8 Å². The molecular weight excluding hydrogens is 386 g/mol. The van der Waals surface area contributed by atoms with E-state index < -0.39 is 24.2 Å². The van der Waals surface area contributed by atoms with Crippen molar-refractivity contribution in [2.75, 3.05) is 14.2 Å². The van der Waals surface area contributed by atoms with E-state index in [9.17, 15) is 19.5 Å². The fourth-order valence-corrected chi connectivity index (χ4v) is 5.03. The van der Waals surface area contributed by atoms with Gasteiger partial charge >= 0.3 is 5.97 Å². The van der Waals surface area contributed by atoms with Crippen molar-refractivity contribution in [3.8, 4) is 0 Å². The lowest BCUT2D eigenvalue weighted by atomic mass is 9.90. The van der Waals surface area contributed by atoms with Crippen molar-refractivity contribution in [1.29, 1.82) is 0 Å². The van der Waals surface area contributed by atoms with E-state index in [1.807, 2.05) is 27.7 Å². The number of fused-ring (bicyclic) bond motifs is 2. The minimum absolute atomic E-state index is 0.0407. The maximum absolute atomic E-state index is 13.5. The number of likely N-dealkylation sites (N-methyl/N-ethyl adjacent to an activating group) is 1. The van der Waals surface area contributed by atoms with Gasteiger partial charge in [-0.2, -0.15) is 0 Å². The highest BCUT2D eigenvalue weighted by atomic mass is 16.5. The molecule has 0 aromatic carbocycles. The monoisotopic (exact) mass is 425 g/mol. The number of carbonyl (C=O) groups is 3. The van der Waals surface area contributed by atoms with Crippen LogP contribution in [-0.4, -0.2) is 72.2 Å². The molecule has 0 radical (unpaired) electrons. The summed E-state index contributed by atoms with van der Waals surface area (Å²) in [6.45, 7) is 7.82.